The molecule has 0 unspecified atom stereocenters. The number of aromatic nitrogens is 1. The number of rotatable bonds is 8. The number of benzene rings is 2. The van der Waals surface area contributed by atoms with Gasteiger partial charge < -0.3 is 4.90 Å². The maximum Gasteiger partial charge on any atom is 0.271 e. The fraction of sp³-hybridized carbons (Fsp3) is 0.200. The average Bonchev–Trinajstić information content (AvgIpc) is 2.77. The van der Waals surface area contributed by atoms with Crippen LogP contribution >= 0.6 is 11.6 Å². The highest BCUT2D eigenvalue weighted by molar-refractivity contribution is 6.30. The molecule has 154 valence electrons. The van der Waals surface area contributed by atoms with Gasteiger partial charge in [0.25, 0.3) is 11.5 Å². The first-order valence-electron chi connectivity index (χ1n) is 10.1. The van der Waals surface area contributed by atoms with Crippen molar-refractivity contribution in [3.05, 3.63) is 105 Å². The van der Waals surface area contributed by atoms with Gasteiger partial charge in [0.15, 0.2) is 0 Å². The fourth-order valence-corrected chi connectivity index (χ4v) is 3.27. The van der Waals surface area contributed by atoms with Crippen LogP contribution in [0.1, 0.15) is 30.9 Å². The molecule has 0 aliphatic heterocycles. The summed E-state index contributed by atoms with van der Waals surface area (Å²) in [6.07, 6.45) is 5.23. The van der Waals surface area contributed by atoms with Crippen LogP contribution in [0.15, 0.2) is 83.8 Å². The molecule has 4 nitrogen and oxygen atoms in total. The molecule has 30 heavy (non-hydrogen) atoms. The van der Waals surface area contributed by atoms with Crippen molar-refractivity contribution in [2.75, 3.05) is 6.54 Å². The Labute approximate surface area is 182 Å². The summed E-state index contributed by atoms with van der Waals surface area (Å²) in [7, 11) is 0. The first kappa shape index (κ1) is 21.6. The first-order chi connectivity index (χ1) is 14.6. The van der Waals surface area contributed by atoms with Crippen LogP contribution in [0, 0.1) is 0 Å². The van der Waals surface area contributed by atoms with Crippen molar-refractivity contribution in [3.63, 3.8) is 0 Å². The van der Waals surface area contributed by atoms with Gasteiger partial charge in [0.05, 0.1) is 0 Å². The van der Waals surface area contributed by atoms with E-state index in [9.17, 15) is 9.59 Å². The monoisotopic (exact) mass is 420 g/mol. The zero-order valence-corrected chi connectivity index (χ0v) is 17.8. The van der Waals surface area contributed by atoms with E-state index in [0.717, 1.165) is 24.0 Å². The van der Waals surface area contributed by atoms with Crippen LogP contribution in [-0.2, 0) is 11.3 Å². The van der Waals surface area contributed by atoms with Gasteiger partial charge in [0.2, 0.25) is 0 Å². The molecule has 0 radical (unpaired) electrons. The molecule has 3 rings (SSSR count). The van der Waals surface area contributed by atoms with Crippen LogP contribution in [0.2, 0.25) is 5.02 Å². The van der Waals surface area contributed by atoms with Gasteiger partial charge in [-0.2, -0.15) is 0 Å². The molecule has 1 heterocycles. The Hall–Kier alpha value is -3.11. The van der Waals surface area contributed by atoms with Gasteiger partial charge in [-0.15, -0.1) is 0 Å². The molecule has 0 saturated carbocycles. The Morgan fingerprint density at radius 3 is 2.37 bits per heavy atom. The Bertz CT molecular complexity index is 1060. The van der Waals surface area contributed by atoms with Crippen molar-refractivity contribution in [3.8, 4) is 0 Å². The van der Waals surface area contributed by atoms with Crippen LogP contribution in [-0.4, -0.2) is 21.9 Å². The number of carbonyl (C=O) groups excluding carboxylic acids is 1. The van der Waals surface area contributed by atoms with E-state index in [1.807, 2.05) is 42.5 Å². The summed E-state index contributed by atoms with van der Waals surface area (Å²) >= 11 is 6.00. The van der Waals surface area contributed by atoms with Crippen LogP contribution in [0.25, 0.3) is 11.8 Å². The highest BCUT2D eigenvalue weighted by Crippen LogP contribution is 2.18. The SMILES string of the molecule is CCCCN(Cc1ccccc1)C(=O)/C(=C\c1ccc(Cl)cc1)n1ccccc1=O. The van der Waals surface area contributed by atoms with E-state index >= 15 is 0 Å². The molecule has 0 fully saturated rings. The topological polar surface area (TPSA) is 42.3 Å². The number of hydrogen-bond donors (Lipinski definition) is 0. The van der Waals surface area contributed by atoms with E-state index < -0.39 is 0 Å². The van der Waals surface area contributed by atoms with Crippen molar-refractivity contribution >= 4 is 29.3 Å². The normalized spacial score (nSPS) is 11.3. The first-order valence-corrected chi connectivity index (χ1v) is 10.4. The lowest BCUT2D eigenvalue weighted by Gasteiger charge is -2.25. The average molecular weight is 421 g/mol. The third kappa shape index (κ3) is 5.71. The van der Waals surface area contributed by atoms with Crippen LogP contribution in [0.3, 0.4) is 0 Å². The molecule has 1 aromatic heterocycles. The summed E-state index contributed by atoms with van der Waals surface area (Å²) in [5.74, 6) is -0.185. The van der Waals surface area contributed by atoms with Crippen LogP contribution < -0.4 is 5.56 Å². The number of carbonyl (C=O) groups is 1. The molecule has 2 aromatic carbocycles. The van der Waals surface area contributed by atoms with E-state index in [2.05, 4.69) is 6.92 Å². The Kier molecular flexibility index (Phi) is 7.63. The fourth-order valence-electron chi connectivity index (χ4n) is 3.14. The zero-order valence-electron chi connectivity index (χ0n) is 17.0. The largest absolute Gasteiger partial charge is 0.333 e. The highest BCUT2D eigenvalue weighted by Gasteiger charge is 2.20. The highest BCUT2D eigenvalue weighted by atomic mass is 35.5. The van der Waals surface area contributed by atoms with Gasteiger partial charge in [-0.05, 0) is 41.8 Å². The Morgan fingerprint density at radius 1 is 1.00 bits per heavy atom. The van der Waals surface area contributed by atoms with Gasteiger partial charge in [-0.3, -0.25) is 14.2 Å². The minimum atomic E-state index is -0.249. The summed E-state index contributed by atoms with van der Waals surface area (Å²) in [6, 6.07) is 22.0. The van der Waals surface area contributed by atoms with Crippen molar-refractivity contribution < 1.29 is 4.79 Å². The molecule has 5 heteroatoms. The van der Waals surface area contributed by atoms with Crippen molar-refractivity contribution in [1.29, 1.82) is 0 Å². The molecule has 0 atom stereocenters. The van der Waals surface area contributed by atoms with Gasteiger partial charge in [0.1, 0.15) is 5.70 Å². The summed E-state index contributed by atoms with van der Waals surface area (Å²) in [4.78, 5) is 28.0. The predicted molar refractivity (Wildman–Crippen MR) is 123 cm³/mol. The second-order valence-corrected chi connectivity index (χ2v) is 7.49. The molecular weight excluding hydrogens is 396 g/mol. The number of unbranched alkanes of at least 4 members (excludes halogenated alkanes) is 1. The Balaban J connectivity index is 2.03. The minimum absolute atomic E-state index is 0.185. The number of amides is 1. The number of halogens is 1. The van der Waals surface area contributed by atoms with E-state index in [1.54, 1.807) is 41.4 Å². The van der Waals surface area contributed by atoms with Crippen molar-refractivity contribution in [2.24, 2.45) is 0 Å². The number of hydrogen-bond acceptors (Lipinski definition) is 2. The van der Waals surface area contributed by atoms with Gasteiger partial charge >= 0.3 is 0 Å². The summed E-state index contributed by atoms with van der Waals surface area (Å²) < 4.78 is 1.40. The van der Waals surface area contributed by atoms with Crippen LogP contribution in [0.5, 0.6) is 0 Å². The molecule has 0 aliphatic carbocycles. The van der Waals surface area contributed by atoms with Gasteiger partial charge in [-0.1, -0.05) is 73.5 Å². The van der Waals surface area contributed by atoms with Crippen molar-refractivity contribution in [1.82, 2.24) is 9.47 Å². The number of pyridine rings is 1. The molecule has 0 spiro atoms. The smallest absolute Gasteiger partial charge is 0.271 e. The maximum absolute atomic E-state index is 13.6. The molecule has 0 saturated heterocycles. The second-order valence-electron chi connectivity index (χ2n) is 7.06. The standard InChI is InChI=1S/C25H25ClN2O2/c1-2-3-16-27(19-21-9-5-4-6-10-21)25(30)23(28-17-8-7-11-24(28)29)18-20-12-14-22(26)15-13-20/h4-15,17-18H,2-3,16,19H2,1H3/b23-18+. The minimum Gasteiger partial charge on any atom is -0.333 e. The molecule has 1 amide bonds. The molecule has 0 N–H and O–H groups in total. The maximum atomic E-state index is 13.6. The summed E-state index contributed by atoms with van der Waals surface area (Å²) in [5.41, 5.74) is 1.91. The van der Waals surface area contributed by atoms with E-state index in [1.165, 1.54) is 10.6 Å². The van der Waals surface area contributed by atoms with Crippen molar-refractivity contribution in [2.45, 2.75) is 26.3 Å². The lowest BCUT2D eigenvalue weighted by Crippen LogP contribution is -2.35. The van der Waals surface area contributed by atoms with E-state index in [4.69, 9.17) is 11.6 Å². The lowest BCUT2D eigenvalue weighted by molar-refractivity contribution is -0.126. The summed E-state index contributed by atoms with van der Waals surface area (Å²) in [5, 5.41) is 0.616. The van der Waals surface area contributed by atoms with Crippen LogP contribution in [0.4, 0.5) is 0 Å². The second kappa shape index (κ2) is 10.6. The van der Waals surface area contributed by atoms with E-state index in [-0.39, 0.29) is 11.5 Å². The molecule has 0 aliphatic rings. The van der Waals surface area contributed by atoms with E-state index in [0.29, 0.717) is 23.8 Å². The molecule has 0 bridgehead atoms. The number of nitrogens with zero attached hydrogens (tertiary/aromatic N) is 2. The predicted octanol–water partition coefficient (Wildman–Crippen LogP) is 5.33. The zero-order chi connectivity index (χ0) is 21.3. The quantitative estimate of drug-likeness (QED) is 0.462. The molecular formula is C25H25ClN2O2. The van der Waals surface area contributed by atoms with Gasteiger partial charge in [0, 0.05) is 30.4 Å². The lowest BCUT2D eigenvalue weighted by atomic mass is 10.1. The third-order valence-electron chi connectivity index (χ3n) is 4.76. The van der Waals surface area contributed by atoms with Gasteiger partial charge in [-0.25, -0.2) is 0 Å². The third-order valence-corrected chi connectivity index (χ3v) is 5.01. The summed E-state index contributed by atoms with van der Waals surface area (Å²) in [6.45, 7) is 3.19. The molecule has 3 aromatic rings. The Morgan fingerprint density at radius 2 is 1.70 bits per heavy atom.